The number of hydrogen-bond acceptors (Lipinski definition) is 3. The molecule has 0 spiro atoms. The van der Waals surface area contributed by atoms with Gasteiger partial charge in [-0.25, -0.2) is 0 Å². The van der Waals surface area contributed by atoms with Crippen LogP contribution in [0.2, 0.25) is 0 Å². The largest absolute Gasteiger partial charge is 0.493 e. The molecule has 0 aromatic heterocycles. The van der Waals surface area contributed by atoms with Gasteiger partial charge in [0, 0.05) is 18.5 Å². The summed E-state index contributed by atoms with van der Waals surface area (Å²) in [4.78, 5) is 11.9. The Morgan fingerprint density at radius 1 is 1.35 bits per heavy atom. The van der Waals surface area contributed by atoms with Gasteiger partial charge in [0.15, 0.2) is 0 Å². The molecule has 3 aliphatic rings. The lowest BCUT2D eigenvalue weighted by Crippen LogP contribution is -2.59. The molecule has 0 bridgehead atoms. The molecule has 124 valence electrons. The summed E-state index contributed by atoms with van der Waals surface area (Å²) in [5.41, 5.74) is 2.19. The monoisotopic (exact) mass is 315 g/mol. The van der Waals surface area contributed by atoms with Gasteiger partial charge in [-0.2, -0.15) is 0 Å². The van der Waals surface area contributed by atoms with Crippen LogP contribution in [0.25, 0.3) is 0 Å². The van der Waals surface area contributed by atoms with Crippen molar-refractivity contribution in [3.63, 3.8) is 0 Å². The number of carbonyl (C=O) groups is 1. The fourth-order valence-electron chi connectivity index (χ4n) is 4.76. The topological polar surface area (TPSA) is 58.6 Å². The molecule has 0 amide bonds. The van der Waals surface area contributed by atoms with E-state index < -0.39 is 5.97 Å². The molecule has 2 atom stereocenters. The summed E-state index contributed by atoms with van der Waals surface area (Å²) in [7, 11) is 0. The highest BCUT2D eigenvalue weighted by Crippen LogP contribution is 2.57. The van der Waals surface area contributed by atoms with Crippen LogP contribution in [0.1, 0.15) is 37.3 Å². The second-order valence-electron chi connectivity index (χ2n) is 7.40. The normalized spacial score (nSPS) is 24.7. The zero-order valence-corrected chi connectivity index (χ0v) is 13.7. The Balaban J connectivity index is 1.82. The van der Waals surface area contributed by atoms with E-state index in [1.54, 1.807) is 0 Å². The molecule has 1 saturated carbocycles. The second-order valence-corrected chi connectivity index (χ2v) is 7.40. The third-order valence-electron chi connectivity index (χ3n) is 6.21. The first kappa shape index (κ1) is 15.0. The number of benzene rings is 1. The van der Waals surface area contributed by atoms with Gasteiger partial charge in [-0.1, -0.05) is 19.1 Å². The Bertz CT molecular complexity index is 621. The first-order valence-electron chi connectivity index (χ1n) is 8.83. The number of aliphatic carboxylic acids is 1. The molecule has 2 fully saturated rings. The van der Waals surface area contributed by atoms with E-state index in [1.165, 1.54) is 11.1 Å². The van der Waals surface area contributed by atoms with Crippen molar-refractivity contribution in [3.05, 3.63) is 29.3 Å². The Morgan fingerprint density at radius 2 is 2.13 bits per heavy atom. The predicted molar refractivity (Wildman–Crippen MR) is 87.8 cm³/mol. The standard InChI is InChI=1S/C19H25NO3/c1-12(18(21)22)19(14-6-7-14,16-10-20-11-16)15-5-4-13-3-2-8-23-17(13)9-15/h4-5,9,12,14,16,20H,2-3,6-8,10-11H2,1H3,(H,21,22). The van der Waals surface area contributed by atoms with Gasteiger partial charge in [-0.05, 0) is 54.7 Å². The highest BCUT2D eigenvalue weighted by atomic mass is 16.5. The minimum Gasteiger partial charge on any atom is -0.493 e. The third-order valence-corrected chi connectivity index (χ3v) is 6.21. The van der Waals surface area contributed by atoms with Crippen molar-refractivity contribution in [2.24, 2.45) is 17.8 Å². The minimum absolute atomic E-state index is 0.257. The Hall–Kier alpha value is -1.55. The maximum atomic E-state index is 11.9. The maximum absolute atomic E-state index is 11.9. The van der Waals surface area contributed by atoms with E-state index in [1.807, 2.05) is 6.92 Å². The molecule has 1 saturated heterocycles. The lowest BCUT2D eigenvalue weighted by molar-refractivity contribution is -0.146. The van der Waals surface area contributed by atoms with Crippen molar-refractivity contribution in [2.75, 3.05) is 19.7 Å². The molecule has 4 nitrogen and oxygen atoms in total. The second kappa shape index (κ2) is 5.52. The molecule has 2 N–H and O–H groups in total. The number of hydrogen-bond donors (Lipinski definition) is 2. The van der Waals surface area contributed by atoms with Gasteiger partial charge in [-0.15, -0.1) is 0 Å². The van der Waals surface area contributed by atoms with E-state index in [2.05, 4.69) is 23.5 Å². The summed E-state index contributed by atoms with van der Waals surface area (Å²) in [6, 6.07) is 6.51. The van der Waals surface area contributed by atoms with E-state index in [0.29, 0.717) is 11.8 Å². The van der Waals surface area contributed by atoms with Crippen LogP contribution in [0.15, 0.2) is 18.2 Å². The van der Waals surface area contributed by atoms with Crippen molar-refractivity contribution in [1.82, 2.24) is 5.32 Å². The molecule has 23 heavy (non-hydrogen) atoms. The maximum Gasteiger partial charge on any atom is 0.307 e. The molecular formula is C19H25NO3. The molecule has 2 aliphatic heterocycles. The van der Waals surface area contributed by atoms with Crippen LogP contribution in [-0.2, 0) is 16.6 Å². The number of fused-ring (bicyclic) bond motifs is 1. The average Bonchev–Trinajstić information content (AvgIpc) is 3.34. The van der Waals surface area contributed by atoms with Crippen LogP contribution in [0.4, 0.5) is 0 Å². The van der Waals surface area contributed by atoms with Crippen molar-refractivity contribution in [2.45, 2.75) is 38.0 Å². The number of carboxylic acid groups (broad SMARTS) is 1. The van der Waals surface area contributed by atoms with E-state index in [-0.39, 0.29) is 11.3 Å². The summed E-state index contributed by atoms with van der Waals surface area (Å²) >= 11 is 0. The van der Waals surface area contributed by atoms with Crippen molar-refractivity contribution in [3.8, 4) is 5.75 Å². The zero-order valence-electron chi connectivity index (χ0n) is 13.7. The fourth-order valence-corrected chi connectivity index (χ4v) is 4.76. The van der Waals surface area contributed by atoms with Crippen LogP contribution in [0.3, 0.4) is 0 Å². The average molecular weight is 315 g/mol. The van der Waals surface area contributed by atoms with E-state index in [9.17, 15) is 9.90 Å². The molecule has 4 rings (SSSR count). The van der Waals surface area contributed by atoms with Gasteiger partial charge >= 0.3 is 5.97 Å². The summed E-state index contributed by atoms with van der Waals surface area (Å²) in [5, 5.41) is 13.2. The highest BCUT2D eigenvalue weighted by Gasteiger charge is 2.58. The van der Waals surface area contributed by atoms with Gasteiger partial charge in [0.05, 0.1) is 12.5 Å². The van der Waals surface area contributed by atoms with Gasteiger partial charge in [0.25, 0.3) is 0 Å². The van der Waals surface area contributed by atoms with Crippen LogP contribution in [0.5, 0.6) is 5.75 Å². The quantitative estimate of drug-likeness (QED) is 0.877. The summed E-state index contributed by atoms with van der Waals surface area (Å²) in [6.07, 6.45) is 4.42. The Labute approximate surface area is 137 Å². The van der Waals surface area contributed by atoms with Crippen molar-refractivity contribution >= 4 is 5.97 Å². The van der Waals surface area contributed by atoms with E-state index in [0.717, 1.165) is 51.1 Å². The Morgan fingerprint density at radius 3 is 2.74 bits per heavy atom. The van der Waals surface area contributed by atoms with Crippen LogP contribution in [0, 0.1) is 17.8 Å². The minimum atomic E-state index is -0.678. The molecule has 1 aromatic carbocycles. The number of ether oxygens (including phenoxy) is 1. The first-order chi connectivity index (χ1) is 11.1. The molecule has 2 heterocycles. The lowest BCUT2D eigenvalue weighted by atomic mass is 9.58. The summed E-state index contributed by atoms with van der Waals surface area (Å²) in [6.45, 7) is 4.52. The lowest BCUT2D eigenvalue weighted by Gasteiger charge is -2.49. The molecule has 2 unspecified atom stereocenters. The molecule has 1 aliphatic carbocycles. The highest BCUT2D eigenvalue weighted by molar-refractivity contribution is 5.73. The van der Waals surface area contributed by atoms with Crippen LogP contribution in [-0.4, -0.2) is 30.8 Å². The summed E-state index contributed by atoms with van der Waals surface area (Å²) < 4.78 is 5.87. The fraction of sp³-hybridized carbons (Fsp3) is 0.632. The van der Waals surface area contributed by atoms with Crippen molar-refractivity contribution < 1.29 is 14.6 Å². The smallest absolute Gasteiger partial charge is 0.307 e. The van der Waals surface area contributed by atoms with Gasteiger partial charge in [0.2, 0.25) is 0 Å². The number of carboxylic acids is 1. The van der Waals surface area contributed by atoms with Gasteiger partial charge < -0.3 is 15.2 Å². The third kappa shape index (κ3) is 2.26. The summed E-state index contributed by atoms with van der Waals surface area (Å²) in [5.74, 6) is 0.819. The SMILES string of the molecule is CC(C(=O)O)C(c1ccc2c(c1)OCCC2)(C1CC1)C1CNC1. The molecule has 4 heteroatoms. The van der Waals surface area contributed by atoms with Gasteiger partial charge in [0.1, 0.15) is 5.75 Å². The van der Waals surface area contributed by atoms with Crippen LogP contribution < -0.4 is 10.1 Å². The molecule has 0 radical (unpaired) electrons. The number of rotatable bonds is 5. The Kier molecular flexibility index (Phi) is 3.60. The number of nitrogens with one attached hydrogen (secondary N) is 1. The van der Waals surface area contributed by atoms with Crippen LogP contribution >= 0.6 is 0 Å². The first-order valence-corrected chi connectivity index (χ1v) is 8.83. The van der Waals surface area contributed by atoms with E-state index >= 15 is 0 Å². The molecule has 1 aromatic rings. The van der Waals surface area contributed by atoms with Crippen molar-refractivity contribution in [1.29, 1.82) is 0 Å². The zero-order chi connectivity index (χ0) is 16.0. The van der Waals surface area contributed by atoms with Gasteiger partial charge in [-0.3, -0.25) is 4.79 Å². The molecular weight excluding hydrogens is 290 g/mol. The number of aryl methyl sites for hydroxylation is 1. The predicted octanol–water partition coefficient (Wildman–Crippen LogP) is 2.60. The van der Waals surface area contributed by atoms with E-state index in [4.69, 9.17) is 4.74 Å².